The summed E-state index contributed by atoms with van der Waals surface area (Å²) in [6.07, 6.45) is -0.570. The molecule has 98 valence electrons. The maximum atomic E-state index is 11.6. The van der Waals surface area contributed by atoms with Crippen LogP contribution in [-0.4, -0.2) is 30.6 Å². The molecule has 0 aromatic heterocycles. The first-order valence-corrected chi connectivity index (χ1v) is 5.60. The van der Waals surface area contributed by atoms with E-state index in [2.05, 4.69) is 4.74 Å². The molecule has 1 aliphatic heterocycles. The zero-order chi connectivity index (χ0) is 13.1. The second-order valence-corrected chi connectivity index (χ2v) is 5.02. The molecule has 1 fully saturated rings. The lowest BCUT2D eigenvalue weighted by molar-refractivity contribution is -0.151. The van der Waals surface area contributed by atoms with E-state index in [1.165, 1.54) is 0 Å². The Bertz CT molecular complexity index is 297. The summed E-state index contributed by atoms with van der Waals surface area (Å²) in [7, 11) is 0. The Hall–Kier alpha value is -1.14. The summed E-state index contributed by atoms with van der Waals surface area (Å²) in [6.45, 7) is 5.49. The van der Waals surface area contributed by atoms with Gasteiger partial charge in [0.15, 0.2) is 0 Å². The first-order chi connectivity index (χ1) is 7.78. The van der Waals surface area contributed by atoms with Crippen LogP contribution in [0.2, 0.25) is 0 Å². The standard InChI is InChI=1S/C11H19NO5/c1-11(2,3)17-10(14)16-9(13)7-4-5-15-8(12)6-7/h7-8H,4-6,12H2,1-3H3. The molecule has 2 N–H and O–H groups in total. The molecule has 0 amide bonds. The van der Waals surface area contributed by atoms with E-state index in [4.69, 9.17) is 15.2 Å². The van der Waals surface area contributed by atoms with E-state index in [9.17, 15) is 9.59 Å². The maximum Gasteiger partial charge on any atom is 0.516 e. The highest BCUT2D eigenvalue weighted by Crippen LogP contribution is 2.19. The van der Waals surface area contributed by atoms with E-state index in [-0.39, 0.29) is 0 Å². The Kier molecular flexibility index (Phi) is 4.47. The summed E-state index contributed by atoms with van der Waals surface area (Å²) in [5.41, 5.74) is 4.87. The van der Waals surface area contributed by atoms with Crippen LogP contribution in [0.25, 0.3) is 0 Å². The van der Waals surface area contributed by atoms with Gasteiger partial charge < -0.3 is 19.9 Å². The van der Waals surface area contributed by atoms with Crippen LogP contribution in [0.15, 0.2) is 0 Å². The first-order valence-electron chi connectivity index (χ1n) is 5.60. The molecular formula is C11H19NO5. The van der Waals surface area contributed by atoms with E-state index >= 15 is 0 Å². The van der Waals surface area contributed by atoms with Crippen molar-refractivity contribution in [2.45, 2.75) is 45.4 Å². The summed E-state index contributed by atoms with van der Waals surface area (Å²) in [4.78, 5) is 22.9. The van der Waals surface area contributed by atoms with Crippen molar-refractivity contribution in [1.82, 2.24) is 0 Å². The number of carbonyl (C=O) groups is 2. The predicted molar refractivity (Wildman–Crippen MR) is 59.0 cm³/mol. The van der Waals surface area contributed by atoms with Gasteiger partial charge in [-0.25, -0.2) is 4.79 Å². The molecular weight excluding hydrogens is 226 g/mol. The third-order valence-corrected chi connectivity index (χ3v) is 2.22. The zero-order valence-corrected chi connectivity index (χ0v) is 10.4. The second kappa shape index (κ2) is 5.46. The van der Waals surface area contributed by atoms with Crippen LogP contribution in [0.5, 0.6) is 0 Å². The molecule has 17 heavy (non-hydrogen) atoms. The molecule has 6 heteroatoms. The van der Waals surface area contributed by atoms with E-state index in [0.29, 0.717) is 19.4 Å². The van der Waals surface area contributed by atoms with Crippen LogP contribution in [0.4, 0.5) is 4.79 Å². The van der Waals surface area contributed by atoms with Crippen molar-refractivity contribution in [3.63, 3.8) is 0 Å². The monoisotopic (exact) mass is 245 g/mol. The SMILES string of the molecule is CC(C)(C)OC(=O)OC(=O)C1CCOC(N)C1. The van der Waals surface area contributed by atoms with E-state index in [0.717, 1.165) is 0 Å². The molecule has 0 spiro atoms. The summed E-state index contributed by atoms with van der Waals surface area (Å²) < 4.78 is 14.6. The number of nitrogens with two attached hydrogens (primary N) is 1. The van der Waals surface area contributed by atoms with Gasteiger partial charge >= 0.3 is 12.1 Å². The van der Waals surface area contributed by atoms with Crippen molar-refractivity contribution in [2.24, 2.45) is 11.7 Å². The zero-order valence-electron chi connectivity index (χ0n) is 10.4. The Morgan fingerprint density at radius 2 is 2.00 bits per heavy atom. The fourth-order valence-electron chi connectivity index (χ4n) is 1.48. The number of carbonyl (C=O) groups excluding carboxylic acids is 2. The minimum atomic E-state index is -0.970. The molecule has 2 atom stereocenters. The van der Waals surface area contributed by atoms with Crippen molar-refractivity contribution < 1.29 is 23.8 Å². The van der Waals surface area contributed by atoms with Crippen LogP contribution in [-0.2, 0) is 19.0 Å². The third kappa shape index (κ3) is 5.14. The second-order valence-electron chi connectivity index (χ2n) is 5.02. The van der Waals surface area contributed by atoms with Gasteiger partial charge in [-0.1, -0.05) is 0 Å². The lowest BCUT2D eigenvalue weighted by atomic mass is 9.99. The van der Waals surface area contributed by atoms with Gasteiger partial charge in [-0.15, -0.1) is 0 Å². The minimum absolute atomic E-state index is 0.363. The van der Waals surface area contributed by atoms with Gasteiger partial charge in [0.05, 0.1) is 5.92 Å². The van der Waals surface area contributed by atoms with Gasteiger partial charge in [-0.2, -0.15) is 0 Å². The highest BCUT2D eigenvalue weighted by molar-refractivity contribution is 5.83. The summed E-state index contributed by atoms with van der Waals surface area (Å²) in [5.74, 6) is -0.996. The molecule has 2 unspecified atom stereocenters. The first kappa shape index (κ1) is 13.9. The highest BCUT2D eigenvalue weighted by Gasteiger charge is 2.30. The Labute approximate surface area is 100 Å². The number of hydrogen-bond donors (Lipinski definition) is 1. The molecule has 0 bridgehead atoms. The number of ether oxygens (including phenoxy) is 3. The van der Waals surface area contributed by atoms with Crippen LogP contribution >= 0.6 is 0 Å². The van der Waals surface area contributed by atoms with Crippen LogP contribution in [0.3, 0.4) is 0 Å². The predicted octanol–water partition coefficient (Wildman–Crippen LogP) is 1.18. The van der Waals surface area contributed by atoms with Gasteiger partial charge in [-0.3, -0.25) is 4.79 Å². The molecule has 0 aromatic rings. The topological polar surface area (TPSA) is 87.8 Å². The fraction of sp³-hybridized carbons (Fsp3) is 0.818. The molecule has 0 aromatic carbocycles. The summed E-state index contributed by atoms with van der Waals surface area (Å²) in [6, 6.07) is 0. The van der Waals surface area contributed by atoms with E-state index in [1.54, 1.807) is 20.8 Å². The Morgan fingerprint density at radius 1 is 1.35 bits per heavy atom. The quantitative estimate of drug-likeness (QED) is 0.551. The van der Waals surface area contributed by atoms with Gasteiger partial charge in [0.1, 0.15) is 11.8 Å². The molecule has 1 heterocycles. The van der Waals surface area contributed by atoms with Crippen molar-refractivity contribution in [2.75, 3.05) is 6.61 Å². The molecule has 0 aliphatic carbocycles. The average molecular weight is 245 g/mol. The number of rotatable bonds is 1. The van der Waals surface area contributed by atoms with Gasteiger partial charge in [0.2, 0.25) is 0 Å². The minimum Gasteiger partial charge on any atom is -0.428 e. The summed E-state index contributed by atoms with van der Waals surface area (Å²) >= 11 is 0. The highest BCUT2D eigenvalue weighted by atomic mass is 16.7. The van der Waals surface area contributed by atoms with Crippen LogP contribution in [0, 0.1) is 5.92 Å². The molecule has 1 rings (SSSR count). The maximum absolute atomic E-state index is 11.6. The molecule has 1 aliphatic rings. The smallest absolute Gasteiger partial charge is 0.428 e. The molecule has 0 radical (unpaired) electrons. The average Bonchev–Trinajstić information content (AvgIpc) is 2.14. The Balaban J connectivity index is 2.40. The largest absolute Gasteiger partial charge is 0.516 e. The number of esters is 1. The van der Waals surface area contributed by atoms with E-state index in [1.807, 2.05) is 0 Å². The van der Waals surface area contributed by atoms with Gasteiger partial charge in [-0.05, 0) is 27.2 Å². The fourth-order valence-corrected chi connectivity index (χ4v) is 1.48. The number of hydrogen-bond acceptors (Lipinski definition) is 6. The normalized spacial score (nSPS) is 25.2. The Morgan fingerprint density at radius 3 is 2.53 bits per heavy atom. The third-order valence-electron chi connectivity index (χ3n) is 2.22. The van der Waals surface area contributed by atoms with Crippen molar-refractivity contribution in [1.29, 1.82) is 0 Å². The molecule has 0 saturated carbocycles. The van der Waals surface area contributed by atoms with Crippen LogP contribution in [0.1, 0.15) is 33.6 Å². The lowest BCUT2D eigenvalue weighted by Gasteiger charge is -2.25. The van der Waals surface area contributed by atoms with Crippen molar-refractivity contribution >= 4 is 12.1 Å². The molecule has 1 saturated heterocycles. The van der Waals surface area contributed by atoms with Crippen molar-refractivity contribution in [3.8, 4) is 0 Å². The molecule has 6 nitrogen and oxygen atoms in total. The van der Waals surface area contributed by atoms with Crippen molar-refractivity contribution in [3.05, 3.63) is 0 Å². The van der Waals surface area contributed by atoms with Gasteiger partial charge in [0, 0.05) is 13.0 Å². The summed E-state index contributed by atoms with van der Waals surface area (Å²) in [5, 5.41) is 0. The lowest BCUT2D eigenvalue weighted by Crippen LogP contribution is -2.37. The van der Waals surface area contributed by atoms with E-state index < -0.39 is 29.9 Å². The van der Waals surface area contributed by atoms with Gasteiger partial charge in [0.25, 0.3) is 0 Å². The van der Waals surface area contributed by atoms with Crippen LogP contribution < -0.4 is 5.73 Å².